The number of hydrogen-bond donors (Lipinski definition) is 2. The number of sulfonamides is 1. The van der Waals surface area contributed by atoms with E-state index in [-0.39, 0.29) is 29.8 Å². The van der Waals surface area contributed by atoms with E-state index in [2.05, 4.69) is 25.3 Å². The van der Waals surface area contributed by atoms with Crippen LogP contribution in [0.2, 0.25) is 0 Å². The number of nitrogen functional groups attached to an aromatic ring is 1. The van der Waals surface area contributed by atoms with Crippen molar-refractivity contribution in [3.8, 4) is 11.5 Å². The number of carbonyl (C=O) groups excluding carboxylic acids is 1. The van der Waals surface area contributed by atoms with Crippen LogP contribution in [0.1, 0.15) is 22.3 Å². The van der Waals surface area contributed by atoms with E-state index in [1.807, 2.05) is 11.0 Å². The second kappa shape index (κ2) is 9.84. The summed E-state index contributed by atoms with van der Waals surface area (Å²) in [6.45, 7) is 1.25. The van der Waals surface area contributed by atoms with E-state index < -0.39 is 15.9 Å². The fourth-order valence-corrected chi connectivity index (χ4v) is 4.38. The van der Waals surface area contributed by atoms with Crippen molar-refractivity contribution in [3.63, 3.8) is 0 Å². The van der Waals surface area contributed by atoms with E-state index in [9.17, 15) is 13.2 Å². The highest BCUT2D eigenvalue weighted by Gasteiger charge is 2.33. The SMILES string of the molecule is COc1c(OCCCS(=O)(=O)N(C)C)ccc2c1N=C(NC(=O)c1cnc(N)nc1)N1CCN=C21. The topological polar surface area (TPSA) is 165 Å². The number of guanidine groups is 1. The second-order valence-electron chi connectivity index (χ2n) is 7.87. The average molecular weight is 503 g/mol. The van der Waals surface area contributed by atoms with Crippen molar-refractivity contribution in [2.75, 3.05) is 52.4 Å². The van der Waals surface area contributed by atoms with Crippen molar-refractivity contribution in [1.29, 1.82) is 0 Å². The van der Waals surface area contributed by atoms with Gasteiger partial charge in [0.1, 0.15) is 11.5 Å². The van der Waals surface area contributed by atoms with Crippen LogP contribution in [0.25, 0.3) is 0 Å². The number of ether oxygens (including phenoxy) is 2. The molecule has 0 radical (unpaired) electrons. The smallest absolute Gasteiger partial charge is 0.261 e. The number of anilines is 1. The van der Waals surface area contributed by atoms with Crippen LogP contribution in [0.5, 0.6) is 11.5 Å². The van der Waals surface area contributed by atoms with E-state index in [1.54, 1.807) is 6.07 Å². The second-order valence-corrected chi connectivity index (χ2v) is 10.2. The summed E-state index contributed by atoms with van der Waals surface area (Å²) in [6, 6.07) is 3.55. The monoisotopic (exact) mass is 502 g/mol. The molecular weight excluding hydrogens is 476 g/mol. The predicted octanol–water partition coefficient (Wildman–Crippen LogP) is 0.221. The maximum absolute atomic E-state index is 12.8. The highest BCUT2D eigenvalue weighted by atomic mass is 32.2. The van der Waals surface area contributed by atoms with Crippen LogP contribution in [-0.4, -0.2) is 91.9 Å². The molecule has 0 fully saturated rings. The maximum Gasteiger partial charge on any atom is 0.261 e. The zero-order valence-electron chi connectivity index (χ0n) is 19.6. The normalized spacial score (nSPS) is 14.7. The summed E-state index contributed by atoms with van der Waals surface area (Å²) in [5.41, 5.74) is 6.91. The molecule has 0 aliphatic carbocycles. The molecule has 1 amide bonds. The third-order valence-electron chi connectivity index (χ3n) is 5.37. The molecule has 0 atom stereocenters. The number of methoxy groups -OCH3 is 1. The van der Waals surface area contributed by atoms with Crippen molar-refractivity contribution in [1.82, 2.24) is 24.5 Å². The molecule has 4 rings (SSSR count). The Hall–Kier alpha value is -3.78. The molecule has 0 saturated carbocycles. The first-order valence-electron chi connectivity index (χ1n) is 10.7. The first-order chi connectivity index (χ1) is 16.7. The van der Waals surface area contributed by atoms with Gasteiger partial charge in [0.2, 0.25) is 21.9 Å². The number of carbonyl (C=O) groups is 1. The first kappa shape index (κ1) is 24.3. The molecule has 14 heteroatoms. The molecule has 0 unspecified atom stereocenters. The van der Waals surface area contributed by atoms with Crippen LogP contribution in [0, 0.1) is 0 Å². The van der Waals surface area contributed by atoms with Gasteiger partial charge in [-0.05, 0) is 18.6 Å². The highest BCUT2D eigenvalue weighted by molar-refractivity contribution is 7.89. The van der Waals surface area contributed by atoms with Crippen molar-refractivity contribution in [2.45, 2.75) is 6.42 Å². The quantitative estimate of drug-likeness (QED) is 0.480. The zero-order chi connectivity index (χ0) is 25.2. The Kier molecular flexibility index (Phi) is 6.84. The van der Waals surface area contributed by atoms with Gasteiger partial charge in [0.15, 0.2) is 11.5 Å². The molecule has 0 spiro atoms. The largest absolute Gasteiger partial charge is 0.491 e. The summed E-state index contributed by atoms with van der Waals surface area (Å²) in [5, 5.41) is 2.78. The maximum atomic E-state index is 12.8. The van der Waals surface area contributed by atoms with Crippen LogP contribution >= 0.6 is 0 Å². The van der Waals surface area contributed by atoms with Gasteiger partial charge in [-0.25, -0.2) is 27.7 Å². The molecule has 1 aromatic heterocycles. The Morgan fingerprint density at radius 2 is 2.00 bits per heavy atom. The first-order valence-corrected chi connectivity index (χ1v) is 12.4. The van der Waals surface area contributed by atoms with Gasteiger partial charge in [0.05, 0.1) is 31.6 Å². The number of amides is 1. The molecule has 35 heavy (non-hydrogen) atoms. The van der Waals surface area contributed by atoms with Crippen LogP contribution in [-0.2, 0) is 10.0 Å². The molecule has 0 saturated heterocycles. The number of benzene rings is 1. The molecule has 2 aromatic rings. The number of fused-ring (bicyclic) bond motifs is 3. The number of amidine groups is 1. The molecule has 0 bridgehead atoms. The van der Waals surface area contributed by atoms with E-state index in [0.717, 1.165) is 5.56 Å². The summed E-state index contributed by atoms with van der Waals surface area (Å²) in [6.07, 6.45) is 2.96. The molecule has 13 nitrogen and oxygen atoms in total. The Morgan fingerprint density at radius 1 is 1.26 bits per heavy atom. The lowest BCUT2D eigenvalue weighted by molar-refractivity contribution is 0.0973. The third kappa shape index (κ3) is 5.02. The molecule has 3 N–H and O–H groups in total. The van der Waals surface area contributed by atoms with E-state index in [4.69, 9.17) is 15.2 Å². The Balaban J connectivity index is 1.58. The molecule has 2 aliphatic heterocycles. The van der Waals surface area contributed by atoms with Crippen molar-refractivity contribution in [2.24, 2.45) is 9.98 Å². The number of nitrogens with two attached hydrogens (primary N) is 1. The molecule has 186 valence electrons. The van der Waals surface area contributed by atoms with Crippen LogP contribution in [0.3, 0.4) is 0 Å². The third-order valence-corrected chi connectivity index (χ3v) is 7.29. The van der Waals surface area contributed by atoms with Gasteiger partial charge >= 0.3 is 0 Å². The van der Waals surface area contributed by atoms with Crippen LogP contribution in [0.15, 0.2) is 34.5 Å². The van der Waals surface area contributed by atoms with Crippen LogP contribution < -0.4 is 20.5 Å². The van der Waals surface area contributed by atoms with Crippen molar-refractivity contribution >= 4 is 39.4 Å². The number of aliphatic imine (C=N–C) groups is 2. The van der Waals surface area contributed by atoms with Crippen LogP contribution in [0.4, 0.5) is 11.6 Å². The fourth-order valence-electron chi connectivity index (χ4n) is 3.54. The van der Waals surface area contributed by atoms with Gasteiger partial charge in [0.25, 0.3) is 5.91 Å². The molecule has 1 aromatic carbocycles. The minimum Gasteiger partial charge on any atom is -0.491 e. The summed E-state index contributed by atoms with van der Waals surface area (Å²) in [5.74, 6) is 1.27. The van der Waals surface area contributed by atoms with Crippen molar-refractivity contribution < 1.29 is 22.7 Å². The number of nitrogens with one attached hydrogen (secondary N) is 1. The lowest BCUT2D eigenvalue weighted by Gasteiger charge is -2.28. The molecule has 3 heterocycles. The van der Waals surface area contributed by atoms with Crippen molar-refractivity contribution in [3.05, 3.63) is 35.7 Å². The van der Waals surface area contributed by atoms with E-state index in [1.165, 1.54) is 37.9 Å². The average Bonchev–Trinajstić information content (AvgIpc) is 3.32. The summed E-state index contributed by atoms with van der Waals surface area (Å²) >= 11 is 0. The predicted molar refractivity (Wildman–Crippen MR) is 130 cm³/mol. The van der Waals surface area contributed by atoms with Gasteiger partial charge in [-0.15, -0.1) is 0 Å². The summed E-state index contributed by atoms with van der Waals surface area (Å²) in [4.78, 5) is 31.5. The molecule has 2 aliphatic rings. The molecular formula is C21H26N8O5S. The lowest BCUT2D eigenvalue weighted by Crippen LogP contribution is -2.47. The Labute approximate surface area is 202 Å². The Bertz CT molecular complexity index is 1290. The number of nitrogens with zero attached hydrogens (tertiary/aromatic N) is 6. The van der Waals surface area contributed by atoms with E-state index >= 15 is 0 Å². The van der Waals surface area contributed by atoms with Gasteiger partial charge in [-0.3, -0.25) is 20.0 Å². The van der Waals surface area contributed by atoms with E-state index in [0.29, 0.717) is 42.5 Å². The minimum atomic E-state index is -3.31. The van der Waals surface area contributed by atoms with Gasteiger partial charge in [-0.1, -0.05) is 0 Å². The standard InChI is InChI=1S/C21H26N8O5S/c1-28(2)35(31,32)10-4-9-34-15-6-5-14-16(17(15)33-3)26-21(29-8-7-23-18(14)29)27-19(30)13-11-24-20(22)25-12-13/h5-6,11-12H,4,7-10H2,1-3H3,(H2,22,24,25)(H,26,27,30). The zero-order valence-corrected chi connectivity index (χ0v) is 20.4. The fraction of sp³-hybridized carbons (Fsp3) is 0.381. The summed E-state index contributed by atoms with van der Waals surface area (Å²) < 4.78 is 36.5. The number of rotatable bonds is 8. The van der Waals surface area contributed by atoms with Gasteiger partial charge in [0, 0.05) is 38.6 Å². The lowest BCUT2D eigenvalue weighted by atomic mass is 10.1. The highest BCUT2D eigenvalue weighted by Crippen LogP contribution is 2.43. The van der Waals surface area contributed by atoms with Gasteiger partial charge < -0.3 is 15.2 Å². The minimum absolute atomic E-state index is 0.0395. The number of aromatic nitrogens is 2. The Morgan fingerprint density at radius 3 is 2.69 bits per heavy atom. The number of hydrogen-bond acceptors (Lipinski definition) is 11. The summed E-state index contributed by atoms with van der Waals surface area (Å²) in [7, 11) is 1.16. The van der Waals surface area contributed by atoms with Gasteiger partial charge in [-0.2, -0.15) is 0 Å².